The first-order valence-corrected chi connectivity index (χ1v) is 5.99. The molecule has 0 saturated carbocycles. The van der Waals surface area contributed by atoms with Gasteiger partial charge >= 0.3 is 0 Å². The summed E-state index contributed by atoms with van der Waals surface area (Å²) >= 11 is 0. The molecule has 0 aliphatic heterocycles. The Morgan fingerprint density at radius 2 is 1.95 bits per heavy atom. The summed E-state index contributed by atoms with van der Waals surface area (Å²) in [6.45, 7) is 3.84. The van der Waals surface area contributed by atoms with Crippen LogP contribution in [0.1, 0.15) is 30.6 Å². The van der Waals surface area contributed by atoms with Gasteiger partial charge in [-0.05, 0) is 35.1 Å². The van der Waals surface area contributed by atoms with Gasteiger partial charge in [0, 0.05) is 10.5 Å². The van der Waals surface area contributed by atoms with Crippen molar-refractivity contribution in [1.82, 2.24) is 5.32 Å². The highest BCUT2D eigenvalue weighted by atomic mass is 16.2. The third kappa shape index (κ3) is 4.81. The molecule has 0 aromatic heterocycles. The molecule has 0 fully saturated rings. The number of nitrogens with one attached hydrogen (secondary N) is 1. The molecule has 100 valence electrons. The van der Waals surface area contributed by atoms with Crippen LogP contribution < -0.4 is 5.32 Å². The minimum atomic E-state index is -0.788. The van der Waals surface area contributed by atoms with Crippen molar-refractivity contribution in [2.75, 3.05) is 0 Å². The molecule has 2 amide bonds. The van der Waals surface area contributed by atoms with E-state index in [2.05, 4.69) is 15.3 Å². The Bertz CT molecular complexity index is 493. The Hall–Kier alpha value is -2.33. The van der Waals surface area contributed by atoms with Gasteiger partial charge in [-0.3, -0.25) is 9.59 Å². The van der Waals surface area contributed by atoms with Crippen molar-refractivity contribution in [1.29, 1.82) is 0 Å². The maximum Gasteiger partial charge on any atom is 0.251 e. The standard InChI is InChI=1S/C13H16N4O2/c1-9(2)8-11(13(19)16-17-14)15-12(18)10-6-4-3-5-7-10/h3-7,9,11H,8H2,1-2H3,(H,15,18)/t11-/m0/s1. The maximum absolute atomic E-state index is 11.9. The Morgan fingerprint density at radius 3 is 2.47 bits per heavy atom. The molecule has 0 heterocycles. The van der Waals surface area contributed by atoms with Crippen molar-refractivity contribution in [3.05, 3.63) is 46.3 Å². The molecule has 1 N–H and O–H groups in total. The zero-order valence-corrected chi connectivity index (χ0v) is 10.9. The molecule has 6 heteroatoms. The molecule has 0 spiro atoms. The number of carbonyl (C=O) groups excluding carboxylic acids is 2. The van der Waals surface area contributed by atoms with Gasteiger partial charge in [0.25, 0.3) is 5.91 Å². The maximum atomic E-state index is 11.9. The second-order valence-electron chi connectivity index (χ2n) is 4.55. The van der Waals surface area contributed by atoms with Crippen LogP contribution in [0.15, 0.2) is 35.4 Å². The molecule has 0 bridgehead atoms. The van der Waals surface area contributed by atoms with Gasteiger partial charge in [0.05, 0.1) is 6.04 Å². The summed E-state index contributed by atoms with van der Waals surface area (Å²) in [7, 11) is 0. The van der Waals surface area contributed by atoms with Crippen molar-refractivity contribution in [2.24, 2.45) is 11.0 Å². The molecule has 1 aromatic rings. The summed E-state index contributed by atoms with van der Waals surface area (Å²) in [5.41, 5.74) is 8.76. The fraction of sp³-hybridized carbons (Fsp3) is 0.385. The number of rotatable bonds is 5. The highest BCUT2D eigenvalue weighted by Gasteiger charge is 2.21. The molecular weight excluding hydrogens is 244 g/mol. The van der Waals surface area contributed by atoms with E-state index in [4.69, 9.17) is 5.53 Å². The first kappa shape index (κ1) is 14.7. The van der Waals surface area contributed by atoms with Crippen LogP contribution in [0, 0.1) is 5.92 Å². The Labute approximate surface area is 111 Å². The number of carbonyl (C=O) groups is 2. The summed E-state index contributed by atoms with van der Waals surface area (Å²) < 4.78 is 0. The van der Waals surface area contributed by atoms with Gasteiger partial charge in [-0.2, -0.15) is 0 Å². The van der Waals surface area contributed by atoms with Gasteiger partial charge in [0.2, 0.25) is 5.91 Å². The number of hydrogen-bond donors (Lipinski definition) is 1. The zero-order chi connectivity index (χ0) is 14.3. The predicted molar refractivity (Wildman–Crippen MR) is 71.3 cm³/mol. The Balaban J connectivity index is 2.80. The molecule has 1 rings (SSSR count). The summed E-state index contributed by atoms with van der Waals surface area (Å²) in [4.78, 5) is 26.0. The van der Waals surface area contributed by atoms with Crippen LogP contribution in [-0.4, -0.2) is 17.9 Å². The summed E-state index contributed by atoms with van der Waals surface area (Å²) in [5, 5.41) is 5.65. The molecule has 0 saturated heterocycles. The van der Waals surface area contributed by atoms with Crippen LogP contribution in [0.25, 0.3) is 10.4 Å². The van der Waals surface area contributed by atoms with Gasteiger partial charge in [-0.1, -0.05) is 32.0 Å². The van der Waals surface area contributed by atoms with Gasteiger partial charge < -0.3 is 5.32 Å². The molecular formula is C13H16N4O2. The topological polar surface area (TPSA) is 94.9 Å². The third-order valence-electron chi connectivity index (χ3n) is 2.49. The molecule has 6 nitrogen and oxygen atoms in total. The van der Waals surface area contributed by atoms with Crippen molar-refractivity contribution in [3.8, 4) is 0 Å². The van der Waals surface area contributed by atoms with E-state index in [0.717, 1.165) is 0 Å². The van der Waals surface area contributed by atoms with E-state index in [1.165, 1.54) is 0 Å². The van der Waals surface area contributed by atoms with E-state index in [1.54, 1.807) is 30.3 Å². The molecule has 1 aromatic carbocycles. The SMILES string of the molecule is CC(C)C[C@H](NC(=O)c1ccccc1)C(=O)N=[N+]=[N-]. The van der Waals surface area contributed by atoms with Crippen LogP contribution in [0.3, 0.4) is 0 Å². The Morgan fingerprint density at radius 1 is 1.32 bits per heavy atom. The molecule has 0 aliphatic rings. The van der Waals surface area contributed by atoms with Gasteiger partial charge in [0.15, 0.2) is 0 Å². The van der Waals surface area contributed by atoms with Crippen molar-refractivity contribution in [2.45, 2.75) is 26.3 Å². The largest absolute Gasteiger partial charge is 0.342 e. The van der Waals surface area contributed by atoms with Crippen molar-refractivity contribution < 1.29 is 9.59 Å². The van der Waals surface area contributed by atoms with Crippen LogP contribution in [0.2, 0.25) is 0 Å². The number of benzene rings is 1. The monoisotopic (exact) mass is 260 g/mol. The van der Waals surface area contributed by atoms with Crippen LogP contribution >= 0.6 is 0 Å². The van der Waals surface area contributed by atoms with Crippen LogP contribution in [-0.2, 0) is 4.79 Å². The van der Waals surface area contributed by atoms with Gasteiger partial charge in [0.1, 0.15) is 0 Å². The van der Waals surface area contributed by atoms with Crippen LogP contribution in [0.4, 0.5) is 0 Å². The second kappa shape index (κ2) is 7.18. The van der Waals surface area contributed by atoms with Gasteiger partial charge in [-0.15, -0.1) is 0 Å². The normalized spacial score (nSPS) is 11.5. The minimum absolute atomic E-state index is 0.193. The second-order valence-corrected chi connectivity index (χ2v) is 4.55. The van der Waals surface area contributed by atoms with E-state index in [0.29, 0.717) is 12.0 Å². The number of azide groups is 1. The van der Waals surface area contributed by atoms with E-state index in [9.17, 15) is 9.59 Å². The molecule has 0 aliphatic carbocycles. The van der Waals surface area contributed by atoms with E-state index in [-0.39, 0.29) is 11.8 Å². The highest BCUT2D eigenvalue weighted by Crippen LogP contribution is 2.08. The third-order valence-corrected chi connectivity index (χ3v) is 2.49. The van der Waals surface area contributed by atoms with Crippen molar-refractivity contribution in [3.63, 3.8) is 0 Å². The summed E-state index contributed by atoms with van der Waals surface area (Å²) in [5.74, 6) is -0.827. The smallest absolute Gasteiger partial charge is 0.251 e. The lowest BCUT2D eigenvalue weighted by Gasteiger charge is -2.17. The zero-order valence-electron chi connectivity index (χ0n) is 10.9. The number of amides is 2. The first-order valence-electron chi connectivity index (χ1n) is 5.99. The van der Waals surface area contributed by atoms with Gasteiger partial charge in [-0.25, -0.2) is 0 Å². The number of hydrogen-bond acceptors (Lipinski definition) is 2. The predicted octanol–water partition coefficient (Wildman–Crippen LogP) is 2.67. The van der Waals surface area contributed by atoms with Crippen molar-refractivity contribution >= 4 is 11.8 Å². The fourth-order valence-corrected chi connectivity index (χ4v) is 1.64. The van der Waals surface area contributed by atoms with E-state index >= 15 is 0 Å². The lowest BCUT2D eigenvalue weighted by molar-refractivity contribution is -0.120. The summed E-state index contributed by atoms with van der Waals surface area (Å²) in [6, 6.07) is 7.79. The molecule has 1 atom stereocenters. The average Bonchev–Trinajstić information content (AvgIpc) is 2.38. The minimum Gasteiger partial charge on any atom is -0.342 e. The average molecular weight is 260 g/mol. The lowest BCUT2D eigenvalue weighted by Crippen LogP contribution is -2.40. The number of nitrogens with zero attached hydrogens (tertiary/aromatic N) is 3. The van der Waals surface area contributed by atoms with Crippen LogP contribution in [0.5, 0.6) is 0 Å². The summed E-state index contributed by atoms with van der Waals surface area (Å²) in [6.07, 6.45) is 0.427. The fourth-order valence-electron chi connectivity index (χ4n) is 1.64. The molecule has 19 heavy (non-hydrogen) atoms. The molecule has 0 unspecified atom stereocenters. The Kier molecular flexibility index (Phi) is 5.57. The molecule has 0 radical (unpaired) electrons. The van der Waals surface area contributed by atoms with E-state index in [1.807, 2.05) is 13.8 Å². The highest BCUT2D eigenvalue weighted by molar-refractivity contribution is 5.97. The lowest BCUT2D eigenvalue weighted by atomic mass is 10.0. The quantitative estimate of drug-likeness (QED) is 0.500. The first-order chi connectivity index (χ1) is 9.04. The van der Waals surface area contributed by atoms with E-state index < -0.39 is 11.9 Å².